The maximum atomic E-state index is 11.2. The number of rotatable bonds is 9. The lowest BCUT2D eigenvalue weighted by Gasteiger charge is -2.05. The van der Waals surface area contributed by atoms with Gasteiger partial charge in [-0.3, -0.25) is 9.59 Å². The van der Waals surface area contributed by atoms with Crippen LogP contribution in [0.1, 0.15) is 38.5 Å². The van der Waals surface area contributed by atoms with Gasteiger partial charge >= 0.3 is 5.97 Å². The van der Waals surface area contributed by atoms with Gasteiger partial charge in [-0.25, -0.2) is 0 Å². The predicted octanol–water partition coefficient (Wildman–Crippen LogP) is 0.500. The highest BCUT2D eigenvalue weighted by Crippen LogP contribution is 2.17. The van der Waals surface area contributed by atoms with Crippen molar-refractivity contribution >= 4 is 11.9 Å². The number of hydrogen-bond acceptors (Lipinski definition) is 3. The van der Waals surface area contributed by atoms with Gasteiger partial charge in [-0.1, -0.05) is 6.42 Å². The third-order valence-corrected chi connectivity index (χ3v) is 2.52. The zero-order chi connectivity index (χ0) is 11.8. The minimum absolute atomic E-state index is 0.0325. The number of carbonyl (C=O) groups is 2. The van der Waals surface area contributed by atoms with Crippen molar-refractivity contribution in [2.75, 3.05) is 13.1 Å². The van der Waals surface area contributed by atoms with Gasteiger partial charge in [0.1, 0.15) is 0 Å². The van der Waals surface area contributed by atoms with Crippen LogP contribution in [0.3, 0.4) is 0 Å². The van der Waals surface area contributed by atoms with Gasteiger partial charge in [0.15, 0.2) is 0 Å². The predicted molar refractivity (Wildman–Crippen MR) is 60.1 cm³/mol. The summed E-state index contributed by atoms with van der Waals surface area (Å²) in [7, 11) is 0. The van der Waals surface area contributed by atoms with Crippen LogP contribution in [0.5, 0.6) is 0 Å². The van der Waals surface area contributed by atoms with E-state index in [9.17, 15) is 9.59 Å². The largest absolute Gasteiger partial charge is 0.481 e. The minimum atomic E-state index is -0.752. The average molecular weight is 228 g/mol. The Morgan fingerprint density at radius 2 is 1.94 bits per heavy atom. The summed E-state index contributed by atoms with van der Waals surface area (Å²) in [6.45, 7) is 1.05. The van der Waals surface area contributed by atoms with Crippen LogP contribution >= 0.6 is 0 Å². The van der Waals surface area contributed by atoms with E-state index in [4.69, 9.17) is 5.11 Å². The van der Waals surface area contributed by atoms with Crippen molar-refractivity contribution in [3.63, 3.8) is 0 Å². The van der Waals surface area contributed by atoms with Crippen molar-refractivity contribution < 1.29 is 14.7 Å². The summed E-state index contributed by atoms with van der Waals surface area (Å²) in [5, 5.41) is 14.3. The molecule has 1 aliphatic carbocycles. The van der Waals surface area contributed by atoms with E-state index in [2.05, 4.69) is 10.6 Å². The molecule has 0 spiro atoms. The molecule has 0 radical (unpaired) electrons. The molecule has 92 valence electrons. The van der Waals surface area contributed by atoms with Crippen molar-refractivity contribution in [2.24, 2.45) is 0 Å². The first kappa shape index (κ1) is 13.0. The minimum Gasteiger partial charge on any atom is -0.481 e. The monoisotopic (exact) mass is 228 g/mol. The molecule has 0 atom stereocenters. The molecule has 0 bridgehead atoms. The lowest BCUT2D eigenvalue weighted by atomic mass is 10.2. The summed E-state index contributed by atoms with van der Waals surface area (Å²) in [6, 6.07) is 0.557. The van der Waals surface area contributed by atoms with Crippen LogP contribution in [0.4, 0.5) is 0 Å². The van der Waals surface area contributed by atoms with E-state index >= 15 is 0 Å². The highest BCUT2D eigenvalue weighted by atomic mass is 16.4. The number of hydrogen-bond donors (Lipinski definition) is 3. The second kappa shape index (κ2) is 7.22. The first-order valence-corrected chi connectivity index (χ1v) is 5.90. The fraction of sp³-hybridized carbons (Fsp3) is 0.818. The maximum Gasteiger partial charge on any atom is 0.303 e. The van der Waals surface area contributed by atoms with E-state index in [1.54, 1.807) is 0 Å². The van der Waals surface area contributed by atoms with E-state index in [0.29, 0.717) is 25.6 Å². The number of carbonyl (C=O) groups excluding carboxylic acids is 1. The Hall–Kier alpha value is -1.10. The van der Waals surface area contributed by atoms with Gasteiger partial charge in [0.2, 0.25) is 5.91 Å². The zero-order valence-electron chi connectivity index (χ0n) is 9.50. The molecule has 1 rings (SSSR count). The highest BCUT2D eigenvalue weighted by Gasteiger charge is 2.20. The van der Waals surface area contributed by atoms with Crippen LogP contribution in [0.15, 0.2) is 0 Å². The van der Waals surface area contributed by atoms with Gasteiger partial charge in [0.05, 0.1) is 6.54 Å². The molecular formula is C11H20N2O3. The molecule has 1 amide bonds. The third kappa shape index (κ3) is 7.23. The molecule has 0 heterocycles. The molecule has 0 aromatic carbocycles. The van der Waals surface area contributed by atoms with Crippen LogP contribution < -0.4 is 10.6 Å². The smallest absolute Gasteiger partial charge is 0.303 e. The first-order valence-electron chi connectivity index (χ1n) is 5.90. The molecule has 0 aromatic heterocycles. The number of aliphatic carboxylic acids is 1. The van der Waals surface area contributed by atoms with E-state index in [1.165, 1.54) is 12.8 Å². The number of nitrogens with one attached hydrogen (secondary N) is 2. The first-order chi connectivity index (χ1) is 7.68. The van der Waals surface area contributed by atoms with Gasteiger partial charge in [-0.2, -0.15) is 0 Å². The lowest BCUT2D eigenvalue weighted by Crippen LogP contribution is -2.35. The number of carboxylic acid groups (broad SMARTS) is 1. The molecule has 5 heteroatoms. The van der Waals surface area contributed by atoms with Crippen LogP contribution in [0.2, 0.25) is 0 Å². The van der Waals surface area contributed by atoms with E-state index in [0.717, 1.165) is 12.8 Å². The normalized spacial score (nSPS) is 14.8. The third-order valence-electron chi connectivity index (χ3n) is 2.52. The van der Waals surface area contributed by atoms with E-state index < -0.39 is 5.97 Å². The number of carboxylic acids is 1. The van der Waals surface area contributed by atoms with E-state index in [-0.39, 0.29) is 12.3 Å². The number of unbranched alkanes of at least 4 members (excludes halogenated alkanes) is 2. The molecule has 0 aromatic rings. The Balaban J connectivity index is 1.82. The fourth-order valence-corrected chi connectivity index (χ4v) is 1.39. The SMILES string of the molecule is O=C(O)CCCCCNC(=O)CNC1CC1. The summed E-state index contributed by atoms with van der Waals surface area (Å²) in [6.07, 6.45) is 4.97. The van der Waals surface area contributed by atoms with Gasteiger partial charge < -0.3 is 15.7 Å². The molecule has 1 fully saturated rings. The van der Waals surface area contributed by atoms with Crippen LogP contribution in [0.25, 0.3) is 0 Å². The Bertz CT molecular complexity index is 239. The summed E-state index contributed by atoms with van der Waals surface area (Å²) < 4.78 is 0. The molecule has 0 saturated heterocycles. The van der Waals surface area contributed by atoms with Crippen molar-refractivity contribution in [2.45, 2.75) is 44.6 Å². The maximum absolute atomic E-state index is 11.2. The van der Waals surface area contributed by atoms with Gasteiger partial charge in [-0.05, 0) is 25.7 Å². The molecule has 1 saturated carbocycles. The molecule has 0 aliphatic heterocycles. The second-order valence-electron chi connectivity index (χ2n) is 4.21. The summed E-state index contributed by atoms with van der Waals surface area (Å²) >= 11 is 0. The summed E-state index contributed by atoms with van der Waals surface area (Å²) in [5.74, 6) is -0.720. The zero-order valence-corrected chi connectivity index (χ0v) is 9.50. The standard InChI is InChI=1S/C11H20N2O3/c14-10(8-13-9-5-6-9)12-7-3-1-2-4-11(15)16/h9,13H,1-8H2,(H,12,14)(H,15,16). The van der Waals surface area contributed by atoms with Crippen molar-refractivity contribution in [3.8, 4) is 0 Å². The lowest BCUT2D eigenvalue weighted by molar-refractivity contribution is -0.137. The van der Waals surface area contributed by atoms with Gasteiger partial charge in [0, 0.05) is 19.0 Å². The molecule has 1 aliphatic rings. The quantitative estimate of drug-likeness (QED) is 0.502. The Kier molecular flexibility index (Phi) is 5.85. The molecule has 0 unspecified atom stereocenters. The Morgan fingerprint density at radius 3 is 2.56 bits per heavy atom. The fourth-order valence-electron chi connectivity index (χ4n) is 1.39. The number of amides is 1. The molecule has 3 N–H and O–H groups in total. The molecule has 16 heavy (non-hydrogen) atoms. The van der Waals surface area contributed by atoms with Crippen molar-refractivity contribution in [1.29, 1.82) is 0 Å². The molecule has 5 nitrogen and oxygen atoms in total. The second-order valence-corrected chi connectivity index (χ2v) is 4.21. The van der Waals surface area contributed by atoms with Gasteiger partial charge in [-0.15, -0.1) is 0 Å². The van der Waals surface area contributed by atoms with Crippen molar-refractivity contribution in [1.82, 2.24) is 10.6 Å². The van der Waals surface area contributed by atoms with E-state index in [1.807, 2.05) is 0 Å². The van der Waals surface area contributed by atoms with Crippen LogP contribution in [-0.2, 0) is 9.59 Å². The Morgan fingerprint density at radius 1 is 1.19 bits per heavy atom. The van der Waals surface area contributed by atoms with Gasteiger partial charge in [0.25, 0.3) is 0 Å². The summed E-state index contributed by atoms with van der Waals surface area (Å²) in [4.78, 5) is 21.5. The van der Waals surface area contributed by atoms with Crippen LogP contribution in [-0.4, -0.2) is 36.1 Å². The Labute approximate surface area is 95.6 Å². The van der Waals surface area contributed by atoms with Crippen LogP contribution in [0, 0.1) is 0 Å². The summed E-state index contributed by atoms with van der Waals surface area (Å²) in [5.41, 5.74) is 0. The molecular weight excluding hydrogens is 208 g/mol. The van der Waals surface area contributed by atoms with Crippen molar-refractivity contribution in [3.05, 3.63) is 0 Å². The highest BCUT2D eigenvalue weighted by molar-refractivity contribution is 5.78. The average Bonchev–Trinajstić information content (AvgIpc) is 3.03. The topological polar surface area (TPSA) is 78.4 Å².